The summed E-state index contributed by atoms with van der Waals surface area (Å²) in [6.45, 7) is 8.63. The Bertz CT molecular complexity index is 539. The predicted octanol–water partition coefficient (Wildman–Crippen LogP) is 3.06. The fourth-order valence-corrected chi connectivity index (χ4v) is 2.15. The van der Waals surface area contributed by atoms with E-state index in [9.17, 15) is 0 Å². The van der Waals surface area contributed by atoms with Crippen molar-refractivity contribution in [2.75, 3.05) is 13.2 Å². The lowest BCUT2D eigenvalue weighted by Crippen LogP contribution is -2.26. The molecule has 1 unspecified atom stereocenters. The Hall–Kier alpha value is -1.45. The van der Waals surface area contributed by atoms with Gasteiger partial charge in [0.2, 0.25) is 0 Å². The molecule has 102 valence electrons. The van der Waals surface area contributed by atoms with E-state index in [-0.39, 0.29) is 6.10 Å². The highest BCUT2D eigenvalue weighted by Crippen LogP contribution is 2.14. The molecule has 1 aromatic carbocycles. The van der Waals surface area contributed by atoms with E-state index in [4.69, 9.17) is 4.74 Å². The molecule has 0 radical (unpaired) electrons. The van der Waals surface area contributed by atoms with Crippen molar-refractivity contribution in [2.24, 2.45) is 0 Å². The van der Waals surface area contributed by atoms with Gasteiger partial charge in [-0.15, -0.1) is 0 Å². The second-order valence-corrected chi connectivity index (χ2v) is 4.88. The average molecular weight is 258 g/mol. The summed E-state index contributed by atoms with van der Waals surface area (Å²) < 4.78 is 5.49. The van der Waals surface area contributed by atoms with Gasteiger partial charge in [0.05, 0.1) is 11.6 Å². The van der Waals surface area contributed by atoms with Crippen molar-refractivity contribution in [1.29, 1.82) is 0 Å². The highest BCUT2D eigenvalue weighted by molar-refractivity contribution is 5.79. The zero-order valence-corrected chi connectivity index (χ0v) is 11.9. The summed E-state index contributed by atoms with van der Waals surface area (Å²) in [6, 6.07) is 10.6. The van der Waals surface area contributed by atoms with E-state index in [1.807, 2.05) is 13.8 Å². The van der Waals surface area contributed by atoms with Crippen molar-refractivity contribution in [3.63, 3.8) is 0 Å². The summed E-state index contributed by atoms with van der Waals surface area (Å²) in [5.41, 5.74) is 3.40. The van der Waals surface area contributed by atoms with Gasteiger partial charge in [-0.05, 0) is 44.5 Å². The second kappa shape index (κ2) is 6.64. The molecule has 1 heterocycles. The third-order valence-electron chi connectivity index (χ3n) is 3.10. The molecule has 1 N–H and O–H groups in total. The summed E-state index contributed by atoms with van der Waals surface area (Å²) >= 11 is 0. The number of fused-ring (bicyclic) bond motifs is 1. The minimum atomic E-state index is 0.259. The number of hydrogen-bond acceptors (Lipinski definition) is 3. The highest BCUT2D eigenvalue weighted by atomic mass is 16.5. The lowest BCUT2D eigenvalue weighted by atomic mass is 10.1. The normalized spacial score (nSPS) is 12.8. The maximum atomic E-state index is 5.49. The summed E-state index contributed by atoms with van der Waals surface area (Å²) in [5.74, 6) is 0. The Balaban J connectivity index is 1.96. The predicted molar refractivity (Wildman–Crippen MR) is 79.3 cm³/mol. The van der Waals surface area contributed by atoms with Crippen molar-refractivity contribution < 1.29 is 4.74 Å². The zero-order valence-electron chi connectivity index (χ0n) is 11.9. The quantitative estimate of drug-likeness (QED) is 0.864. The van der Waals surface area contributed by atoms with E-state index < -0.39 is 0 Å². The Labute approximate surface area is 115 Å². The SMILES string of the molecule is CCOC(C)CNCc1ccc2nc(C)ccc2c1. The smallest absolute Gasteiger partial charge is 0.0705 e. The molecule has 0 bridgehead atoms. The molecule has 0 spiro atoms. The zero-order chi connectivity index (χ0) is 13.7. The van der Waals surface area contributed by atoms with E-state index in [2.05, 4.69) is 47.6 Å². The molecule has 0 amide bonds. The van der Waals surface area contributed by atoms with Crippen LogP contribution in [0.25, 0.3) is 10.9 Å². The number of nitrogens with one attached hydrogen (secondary N) is 1. The first-order chi connectivity index (χ1) is 9.19. The van der Waals surface area contributed by atoms with Crippen LogP contribution < -0.4 is 5.32 Å². The number of ether oxygens (including phenoxy) is 1. The number of hydrogen-bond donors (Lipinski definition) is 1. The maximum Gasteiger partial charge on any atom is 0.0705 e. The number of aromatic nitrogens is 1. The van der Waals surface area contributed by atoms with Gasteiger partial charge in [-0.25, -0.2) is 0 Å². The first-order valence-electron chi connectivity index (χ1n) is 6.87. The number of rotatable bonds is 6. The van der Waals surface area contributed by atoms with Gasteiger partial charge in [0, 0.05) is 30.8 Å². The van der Waals surface area contributed by atoms with Crippen LogP contribution in [0.4, 0.5) is 0 Å². The lowest BCUT2D eigenvalue weighted by Gasteiger charge is -2.12. The van der Waals surface area contributed by atoms with Crippen LogP contribution in [0.15, 0.2) is 30.3 Å². The number of pyridine rings is 1. The van der Waals surface area contributed by atoms with E-state index in [1.54, 1.807) is 0 Å². The van der Waals surface area contributed by atoms with Gasteiger partial charge in [-0.2, -0.15) is 0 Å². The van der Waals surface area contributed by atoms with E-state index >= 15 is 0 Å². The van der Waals surface area contributed by atoms with E-state index in [0.29, 0.717) is 0 Å². The maximum absolute atomic E-state index is 5.49. The van der Waals surface area contributed by atoms with Gasteiger partial charge >= 0.3 is 0 Å². The van der Waals surface area contributed by atoms with Crippen LogP contribution >= 0.6 is 0 Å². The molecule has 19 heavy (non-hydrogen) atoms. The Morgan fingerprint density at radius 2 is 2.11 bits per heavy atom. The largest absolute Gasteiger partial charge is 0.377 e. The Morgan fingerprint density at radius 1 is 1.26 bits per heavy atom. The minimum Gasteiger partial charge on any atom is -0.377 e. The standard InChI is InChI=1S/C16H22N2O/c1-4-19-13(3)10-17-11-14-6-8-16-15(9-14)7-5-12(2)18-16/h5-9,13,17H,4,10-11H2,1-3H3. The molecule has 3 nitrogen and oxygen atoms in total. The third-order valence-corrected chi connectivity index (χ3v) is 3.10. The molecule has 2 rings (SSSR count). The molecular weight excluding hydrogens is 236 g/mol. The topological polar surface area (TPSA) is 34.1 Å². The van der Waals surface area contributed by atoms with Crippen LogP contribution in [-0.2, 0) is 11.3 Å². The average Bonchev–Trinajstić information content (AvgIpc) is 2.39. The monoisotopic (exact) mass is 258 g/mol. The lowest BCUT2D eigenvalue weighted by molar-refractivity contribution is 0.0759. The first-order valence-corrected chi connectivity index (χ1v) is 6.87. The van der Waals surface area contributed by atoms with Gasteiger partial charge < -0.3 is 10.1 Å². The van der Waals surface area contributed by atoms with Crippen molar-refractivity contribution in [3.8, 4) is 0 Å². The van der Waals surface area contributed by atoms with Crippen LogP contribution in [0, 0.1) is 6.92 Å². The molecule has 0 aliphatic carbocycles. The van der Waals surface area contributed by atoms with E-state index in [1.165, 1.54) is 10.9 Å². The van der Waals surface area contributed by atoms with Gasteiger partial charge in [0.25, 0.3) is 0 Å². The minimum absolute atomic E-state index is 0.259. The fourth-order valence-electron chi connectivity index (χ4n) is 2.15. The molecule has 0 fully saturated rings. The van der Waals surface area contributed by atoms with Gasteiger partial charge in [0.1, 0.15) is 0 Å². The van der Waals surface area contributed by atoms with Crippen molar-refractivity contribution in [2.45, 2.75) is 33.4 Å². The van der Waals surface area contributed by atoms with Crippen LogP contribution in [-0.4, -0.2) is 24.2 Å². The van der Waals surface area contributed by atoms with Crippen LogP contribution in [0.2, 0.25) is 0 Å². The van der Waals surface area contributed by atoms with Crippen molar-refractivity contribution in [1.82, 2.24) is 10.3 Å². The number of benzene rings is 1. The summed E-state index contributed by atoms with van der Waals surface area (Å²) in [5, 5.41) is 4.61. The third kappa shape index (κ3) is 4.01. The molecule has 0 saturated heterocycles. The molecule has 0 saturated carbocycles. The van der Waals surface area contributed by atoms with Crippen LogP contribution in [0.3, 0.4) is 0 Å². The van der Waals surface area contributed by atoms with Gasteiger partial charge in [0.15, 0.2) is 0 Å². The molecule has 1 aromatic heterocycles. The highest BCUT2D eigenvalue weighted by Gasteiger charge is 2.01. The van der Waals surface area contributed by atoms with E-state index in [0.717, 1.165) is 30.9 Å². The second-order valence-electron chi connectivity index (χ2n) is 4.88. The summed E-state index contributed by atoms with van der Waals surface area (Å²) in [4.78, 5) is 4.51. The van der Waals surface area contributed by atoms with Gasteiger partial charge in [-0.1, -0.05) is 12.1 Å². The van der Waals surface area contributed by atoms with Gasteiger partial charge in [-0.3, -0.25) is 4.98 Å². The Morgan fingerprint density at radius 3 is 2.89 bits per heavy atom. The molecule has 2 aromatic rings. The summed E-state index contributed by atoms with van der Waals surface area (Å²) in [7, 11) is 0. The number of aryl methyl sites for hydroxylation is 1. The fraction of sp³-hybridized carbons (Fsp3) is 0.438. The first kappa shape index (κ1) is 14.0. The molecule has 3 heteroatoms. The Kier molecular flexibility index (Phi) is 4.88. The van der Waals surface area contributed by atoms with Crippen LogP contribution in [0.1, 0.15) is 25.1 Å². The molecule has 0 aliphatic heterocycles. The summed E-state index contributed by atoms with van der Waals surface area (Å²) in [6.07, 6.45) is 0.259. The van der Waals surface area contributed by atoms with Crippen molar-refractivity contribution in [3.05, 3.63) is 41.6 Å². The molecular formula is C16H22N2O. The number of nitrogens with zero attached hydrogens (tertiary/aromatic N) is 1. The van der Waals surface area contributed by atoms with Crippen molar-refractivity contribution >= 4 is 10.9 Å². The molecule has 0 aliphatic rings. The van der Waals surface area contributed by atoms with Crippen LogP contribution in [0.5, 0.6) is 0 Å². The molecule has 1 atom stereocenters.